The van der Waals surface area contributed by atoms with Crippen LogP contribution in [-0.2, 0) is 16.0 Å². The SMILES string of the molecule is CC(=O)Nc1ccc(CC(=O)Nc2ccc(-n3nccn3)cc2)cc1. The first-order valence-electron chi connectivity index (χ1n) is 7.73. The molecule has 7 nitrogen and oxygen atoms in total. The third-order valence-electron chi connectivity index (χ3n) is 3.44. The summed E-state index contributed by atoms with van der Waals surface area (Å²) in [4.78, 5) is 24.6. The standard InChI is InChI=1S/C18H17N5O2/c1-13(24)21-15-4-2-14(3-5-15)12-18(25)22-16-6-8-17(9-7-16)23-19-10-11-20-23/h2-11H,12H2,1H3,(H,21,24)(H,22,25). The van der Waals surface area contributed by atoms with Gasteiger partial charge >= 0.3 is 0 Å². The number of carbonyl (C=O) groups excluding carboxylic acids is 2. The molecular weight excluding hydrogens is 318 g/mol. The molecule has 0 saturated carbocycles. The lowest BCUT2D eigenvalue weighted by Gasteiger charge is -2.07. The molecule has 0 aliphatic rings. The number of hydrogen-bond acceptors (Lipinski definition) is 4. The van der Waals surface area contributed by atoms with E-state index >= 15 is 0 Å². The first-order chi connectivity index (χ1) is 12.1. The molecule has 7 heteroatoms. The molecule has 0 aliphatic carbocycles. The zero-order valence-electron chi connectivity index (χ0n) is 13.6. The van der Waals surface area contributed by atoms with Crippen LogP contribution in [0.25, 0.3) is 5.69 Å². The second-order valence-electron chi connectivity index (χ2n) is 5.47. The number of nitrogens with zero attached hydrogens (tertiary/aromatic N) is 3. The average Bonchev–Trinajstić information content (AvgIpc) is 3.11. The van der Waals surface area contributed by atoms with E-state index in [4.69, 9.17) is 0 Å². The molecular formula is C18H17N5O2. The Hall–Kier alpha value is -3.48. The molecule has 0 radical (unpaired) electrons. The van der Waals surface area contributed by atoms with Gasteiger partial charge in [-0.1, -0.05) is 12.1 Å². The van der Waals surface area contributed by atoms with Crippen LogP contribution < -0.4 is 10.6 Å². The van der Waals surface area contributed by atoms with Crippen molar-refractivity contribution in [2.75, 3.05) is 10.6 Å². The van der Waals surface area contributed by atoms with Crippen molar-refractivity contribution in [3.63, 3.8) is 0 Å². The maximum absolute atomic E-state index is 12.1. The van der Waals surface area contributed by atoms with Crippen molar-refractivity contribution in [2.45, 2.75) is 13.3 Å². The molecule has 2 aromatic carbocycles. The Morgan fingerprint density at radius 1 is 0.880 bits per heavy atom. The summed E-state index contributed by atoms with van der Waals surface area (Å²) in [5, 5.41) is 13.6. The smallest absolute Gasteiger partial charge is 0.228 e. The Morgan fingerprint density at radius 2 is 1.44 bits per heavy atom. The number of benzene rings is 2. The van der Waals surface area contributed by atoms with Crippen molar-refractivity contribution in [1.29, 1.82) is 0 Å². The van der Waals surface area contributed by atoms with Crippen LogP contribution in [0.5, 0.6) is 0 Å². The molecule has 126 valence electrons. The van der Waals surface area contributed by atoms with Gasteiger partial charge in [-0.3, -0.25) is 9.59 Å². The highest BCUT2D eigenvalue weighted by Gasteiger charge is 2.05. The highest BCUT2D eigenvalue weighted by atomic mass is 16.2. The van der Waals surface area contributed by atoms with E-state index in [1.54, 1.807) is 36.7 Å². The number of anilines is 2. The van der Waals surface area contributed by atoms with E-state index in [0.29, 0.717) is 11.4 Å². The highest BCUT2D eigenvalue weighted by molar-refractivity contribution is 5.92. The summed E-state index contributed by atoms with van der Waals surface area (Å²) < 4.78 is 0. The lowest BCUT2D eigenvalue weighted by molar-refractivity contribution is -0.116. The monoisotopic (exact) mass is 335 g/mol. The minimum Gasteiger partial charge on any atom is -0.326 e. The summed E-state index contributed by atoms with van der Waals surface area (Å²) in [6, 6.07) is 14.4. The first kappa shape index (κ1) is 16.4. The summed E-state index contributed by atoms with van der Waals surface area (Å²) in [7, 11) is 0. The lowest BCUT2D eigenvalue weighted by atomic mass is 10.1. The molecule has 0 atom stereocenters. The Labute approximate surface area is 144 Å². The van der Waals surface area contributed by atoms with Gasteiger partial charge in [0.25, 0.3) is 0 Å². The van der Waals surface area contributed by atoms with E-state index in [2.05, 4.69) is 20.8 Å². The van der Waals surface area contributed by atoms with Crippen molar-refractivity contribution in [3.8, 4) is 5.69 Å². The van der Waals surface area contributed by atoms with Crippen LogP contribution in [0.2, 0.25) is 0 Å². The van der Waals surface area contributed by atoms with Crippen LogP contribution in [0, 0.1) is 0 Å². The number of amides is 2. The van der Waals surface area contributed by atoms with E-state index in [-0.39, 0.29) is 18.2 Å². The molecule has 1 heterocycles. The van der Waals surface area contributed by atoms with Crippen LogP contribution in [0.4, 0.5) is 11.4 Å². The van der Waals surface area contributed by atoms with Gasteiger partial charge in [0.1, 0.15) is 0 Å². The molecule has 2 amide bonds. The number of nitrogens with one attached hydrogen (secondary N) is 2. The number of aromatic nitrogens is 3. The summed E-state index contributed by atoms with van der Waals surface area (Å²) in [6.45, 7) is 1.45. The third kappa shape index (κ3) is 4.51. The van der Waals surface area contributed by atoms with Crippen LogP contribution in [0.3, 0.4) is 0 Å². The van der Waals surface area contributed by atoms with Gasteiger partial charge in [-0.2, -0.15) is 15.0 Å². The predicted molar refractivity (Wildman–Crippen MR) is 94.4 cm³/mol. The molecule has 3 rings (SSSR count). The van der Waals surface area contributed by atoms with Gasteiger partial charge in [0.15, 0.2) is 0 Å². The Kier molecular flexibility index (Phi) is 4.84. The van der Waals surface area contributed by atoms with E-state index in [9.17, 15) is 9.59 Å². The fraction of sp³-hybridized carbons (Fsp3) is 0.111. The van der Waals surface area contributed by atoms with E-state index < -0.39 is 0 Å². The van der Waals surface area contributed by atoms with Crippen LogP contribution in [0.1, 0.15) is 12.5 Å². The zero-order valence-corrected chi connectivity index (χ0v) is 13.6. The molecule has 0 saturated heterocycles. The maximum atomic E-state index is 12.1. The van der Waals surface area contributed by atoms with Gasteiger partial charge < -0.3 is 10.6 Å². The van der Waals surface area contributed by atoms with Gasteiger partial charge in [-0.05, 0) is 42.0 Å². The molecule has 0 fully saturated rings. The van der Waals surface area contributed by atoms with Crippen molar-refractivity contribution in [3.05, 3.63) is 66.5 Å². The van der Waals surface area contributed by atoms with Gasteiger partial charge in [0.05, 0.1) is 24.5 Å². The van der Waals surface area contributed by atoms with Crippen molar-refractivity contribution in [1.82, 2.24) is 15.0 Å². The molecule has 25 heavy (non-hydrogen) atoms. The zero-order chi connectivity index (χ0) is 17.6. The molecule has 0 unspecified atom stereocenters. The summed E-state index contributed by atoms with van der Waals surface area (Å²) in [5.41, 5.74) is 3.09. The Balaban J connectivity index is 1.58. The lowest BCUT2D eigenvalue weighted by Crippen LogP contribution is -2.14. The normalized spacial score (nSPS) is 10.3. The first-order valence-corrected chi connectivity index (χ1v) is 7.73. The van der Waals surface area contributed by atoms with E-state index in [1.807, 2.05) is 24.3 Å². The molecule has 1 aromatic heterocycles. The topological polar surface area (TPSA) is 88.9 Å². The van der Waals surface area contributed by atoms with Crippen LogP contribution in [-0.4, -0.2) is 26.8 Å². The molecule has 0 spiro atoms. The summed E-state index contributed by atoms with van der Waals surface area (Å²) >= 11 is 0. The van der Waals surface area contributed by atoms with Crippen LogP contribution in [0.15, 0.2) is 60.9 Å². The van der Waals surface area contributed by atoms with E-state index in [1.165, 1.54) is 11.7 Å². The second-order valence-corrected chi connectivity index (χ2v) is 5.47. The summed E-state index contributed by atoms with van der Waals surface area (Å²) in [5.74, 6) is -0.239. The fourth-order valence-electron chi connectivity index (χ4n) is 2.33. The number of hydrogen-bond donors (Lipinski definition) is 2. The van der Waals surface area contributed by atoms with Crippen LogP contribution >= 0.6 is 0 Å². The number of carbonyl (C=O) groups is 2. The largest absolute Gasteiger partial charge is 0.326 e. The molecule has 0 aliphatic heterocycles. The predicted octanol–water partition coefficient (Wildman–Crippen LogP) is 2.41. The Bertz CT molecular complexity index is 855. The van der Waals surface area contributed by atoms with Gasteiger partial charge in [0, 0.05) is 18.3 Å². The van der Waals surface area contributed by atoms with Gasteiger partial charge in [-0.25, -0.2) is 0 Å². The minimum atomic E-state index is -0.126. The second kappa shape index (κ2) is 7.39. The third-order valence-corrected chi connectivity index (χ3v) is 3.44. The minimum absolute atomic E-state index is 0.114. The highest BCUT2D eigenvalue weighted by Crippen LogP contribution is 2.14. The molecule has 0 bridgehead atoms. The van der Waals surface area contributed by atoms with Gasteiger partial charge in [-0.15, -0.1) is 0 Å². The molecule has 2 N–H and O–H groups in total. The number of rotatable bonds is 5. The fourth-order valence-corrected chi connectivity index (χ4v) is 2.33. The maximum Gasteiger partial charge on any atom is 0.228 e. The Morgan fingerprint density at radius 3 is 2.04 bits per heavy atom. The van der Waals surface area contributed by atoms with Crippen molar-refractivity contribution < 1.29 is 9.59 Å². The molecule has 3 aromatic rings. The van der Waals surface area contributed by atoms with E-state index in [0.717, 1.165) is 11.3 Å². The summed E-state index contributed by atoms with van der Waals surface area (Å²) in [6.07, 6.45) is 3.46. The van der Waals surface area contributed by atoms with Gasteiger partial charge in [0.2, 0.25) is 11.8 Å². The average molecular weight is 335 g/mol. The van der Waals surface area contributed by atoms with Crippen molar-refractivity contribution >= 4 is 23.2 Å². The quantitative estimate of drug-likeness (QED) is 0.749. The van der Waals surface area contributed by atoms with Crippen molar-refractivity contribution in [2.24, 2.45) is 0 Å².